The van der Waals surface area contributed by atoms with E-state index in [4.69, 9.17) is 0 Å². The van der Waals surface area contributed by atoms with Crippen molar-refractivity contribution in [3.8, 4) is 0 Å². The number of fused-ring (bicyclic) bond motifs is 3. The summed E-state index contributed by atoms with van der Waals surface area (Å²) in [6.45, 7) is 2.61. The molecule has 9 heteroatoms. The van der Waals surface area contributed by atoms with E-state index in [1.807, 2.05) is 22.6 Å². The quantitative estimate of drug-likeness (QED) is 0.396. The Bertz CT molecular complexity index is 1380. The molecule has 1 aliphatic rings. The molecule has 2 aromatic heterocycles. The number of carbonyl (C=O) groups is 1. The number of halogens is 1. The summed E-state index contributed by atoms with van der Waals surface area (Å²) in [4.78, 5) is 26.3. The van der Waals surface area contributed by atoms with Crippen LogP contribution in [0.1, 0.15) is 43.4 Å². The molecule has 33 heavy (non-hydrogen) atoms. The Morgan fingerprint density at radius 1 is 1.18 bits per heavy atom. The van der Waals surface area contributed by atoms with Crippen molar-refractivity contribution in [3.05, 3.63) is 70.3 Å². The Morgan fingerprint density at radius 2 is 1.94 bits per heavy atom. The van der Waals surface area contributed by atoms with Crippen molar-refractivity contribution < 1.29 is 9.18 Å². The standard InChI is InChI=1S/C24H24FN5O2S/c1-2-3-14-29-22(32)18-6-4-5-7-19(18)30-23(29)27-28-24(30)33-20(21(31)26-17-12-13-17)15-8-10-16(25)11-9-15/h4-11,17,20H,2-3,12-14H2,1H3,(H,26,31). The van der Waals surface area contributed by atoms with Crippen LogP contribution >= 0.6 is 11.8 Å². The van der Waals surface area contributed by atoms with E-state index in [9.17, 15) is 14.0 Å². The van der Waals surface area contributed by atoms with Crippen LogP contribution in [0.15, 0.2) is 58.5 Å². The van der Waals surface area contributed by atoms with Crippen LogP contribution < -0.4 is 10.9 Å². The van der Waals surface area contributed by atoms with E-state index in [1.54, 1.807) is 22.8 Å². The molecule has 1 N–H and O–H groups in total. The number of thioether (sulfide) groups is 1. The van der Waals surface area contributed by atoms with Crippen molar-refractivity contribution in [1.29, 1.82) is 0 Å². The highest BCUT2D eigenvalue weighted by molar-refractivity contribution is 8.00. The predicted molar refractivity (Wildman–Crippen MR) is 126 cm³/mol. The first-order valence-electron chi connectivity index (χ1n) is 11.2. The van der Waals surface area contributed by atoms with Crippen LogP contribution in [0.2, 0.25) is 0 Å². The third-order valence-electron chi connectivity index (χ3n) is 5.77. The van der Waals surface area contributed by atoms with Gasteiger partial charge >= 0.3 is 0 Å². The third-order valence-corrected chi connectivity index (χ3v) is 6.97. The number of hydrogen-bond acceptors (Lipinski definition) is 5. The van der Waals surface area contributed by atoms with Gasteiger partial charge in [-0.05, 0) is 49.1 Å². The van der Waals surface area contributed by atoms with Gasteiger partial charge in [-0.2, -0.15) is 0 Å². The zero-order valence-corrected chi connectivity index (χ0v) is 19.0. The molecule has 170 valence electrons. The van der Waals surface area contributed by atoms with Gasteiger partial charge in [0.1, 0.15) is 11.1 Å². The largest absolute Gasteiger partial charge is 0.352 e. The van der Waals surface area contributed by atoms with Gasteiger partial charge in [0, 0.05) is 12.6 Å². The summed E-state index contributed by atoms with van der Waals surface area (Å²) in [6, 6.07) is 13.5. The molecule has 1 amide bonds. The summed E-state index contributed by atoms with van der Waals surface area (Å²) in [5, 5.41) is 12.2. The third kappa shape index (κ3) is 4.25. The van der Waals surface area contributed by atoms with Crippen molar-refractivity contribution in [2.45, 2.75) is 55.6 Å². The molecule has 0 aliphatic heterocycles. The zero-order valence-electron chi connectivity index (χ0n) is 18.2. The summed E-state index contributed by atoms with van der Waals surface area (Å²) >= 11 is 1.25. The maximum Gasteiger partial charge on any atom is 0.262 e. The van der Waals surface area contributed by atoms with Gasteiger partial charge in [0.15, 0.2) is 5.16 Å². The summed E-state index contributed by atoms with van der Waals surface area (Å²) < 4.78 is 17.0. The second-order valence-electron chi connectivity index (χ2n) is 8.28. The molecule has 0 saturated heterocycles. The number of para-hydroxylation sites is 1. The van der Waals surface area contributed by atoms with Crippen LogP contribution in [0.5, 0.6) is 0 Å². The number of benzene rings is 2. The topological polar surface area (TPSA) is 81.3 Å². The van der Waals surface area contributed by atoms with Crippen molar-refractivity contribution in [2.24, 2.45) is 0 Å². The zero-order chi connectivity index (χ0) is 22.9. The highest BCUT2D eigenvalue weighted by Crippen LogP contribution is 2.36. The van der Waals surface area contributed by atoms with E-state index in [1.165, 1.54) is 23.9 Å². The molecular weight excluding hydrogens is 441 g/mol. The van der Waals surface area contributed by atoms with Crippen LogP contribution in [-0.4, -0.2) is 31.1 Å². The Morgan fingerprint density at radius 3 is 2.67 bits per heavy atom. The van der Waals surface area contributed by atoms with Crippen LogP contribution in [-0.2, 0) is 11.3 Å². The molecule has 1 atom stereocenters. The number of nitrogens with one attached hydrogen (secondary N) is 1. The van der Waals surface area contributed by atoms with Gasteiger partial charge in [-0.15, -0.1) is 10.2 Å². The van der Waals surface area contributed by atoms with Gasteiger partial charge in [-0.1, -0.05) is 49.4 Å². The highest BCUT2D eigenvalue weighted by atomic mass is 32.2. The van der Waals surface area contributed by atoms with E-state index < -0.39 is 5.25 Å². The van der Waals surface area contributed by atoms with Crippen LogP contribution in [0.4, 0.5) is 4.39 Å². The number of aromatic nitrogens is 4. The SMILES string of the molecule is CCCCn1c(=O)c2ccccc2n2c(SC(C(=O)NC3CC3)c3ccc(F)cc3)nnc12. The maximum absolute atomic E-state index is 13.5. The average Bonchev–Trinajstić information content (AvgIpc) is 3.54. The van der Waals surface area contributed by atoms with Crippen molar-refractivity contribution in [1.82, 2.24) is 24.5 Å². The lowest BCUT2D eigenvalue weighted by molar-refractivity contribution is -0.120. The van der Waals surface area contributed by atoms with Crippen molar-refractivity contribution in [3.63, 3.8) is 0 Å². The molecule has 1 fully saturated rings. The molecule has 0 spiro atoms. The molecule has 2 aromatic carbocycles. The molecule has 0 radical (unpaired) electrons. The van der Waals surface area contributed by atoms with Gasteiger partial charge in [-0.3, -0.25) is 18.6 Å². The number of carbonyl (C=O) groups excluding carboxylic acids is 1. The molecular formula is C24H24FN5O2S. The predicted octanol–water partition coefficient (Wildman–Crippen LogP) is 4.10. The fourth-order valence-electron chi connectivity index (χ4n) is 3.85. The van der Waals surface area contributed by atoms with Gasteiger partial charge in [0.25, 0.3) is 5.56 Å². The monoisotopic (exact) mass is 465 g/mol. The molecule has 5 rings (SSSR count). The summed E-state index contributed by atoms with van der Waals surface area (Å²) in [6.07, 6.45) is 3.71. The number of hydrogen-bond donors (Lipinski definition) is 1. The van der Waals surface area contributed by atoms with Gasteiger partial charge in [0.05, 0.1) is 10.9 Å². The van der Waals surface area contributed by atoms with Crippen LogP contribution in [0.3, 0.4) is 0 Å². The smallest absolute Gasteiger partial charge is 0.262 e. The summed E-state index contributed by atoms with van der Waals surface area (Å²) in [7, 11) is 0. The van der Waals surface area contributed by atoms with Gasteiger partial charge < -0.3 is 5.32 Å². The molecule has 1 saturated carbocycles. The Labute approximate surface area is 194 Å². The van der Waals surface area contributed by atoms with E-state index in [-0.39, 0.29) is 23.3 Å². The first kappa shape index (κ1) is 21.6. The number of nitrogens with zero attached hydrogens (tertiary/aromatic N) is 4. The number of rotatable bonds is 8. The second kappa shape index (κ2) is 8.97. The lowest BCUT2D eigenvalue weighted by atomic mass is 10.1. The second-order valence-corrected chi connectivity index (χ2v) is 9.35. The highest BCUT2D eigenvalue weighted by Gasteiger charge is 2.31. The van der Waals surface area contributed by atoms with E-state index in [0.717, 1.165) is 25.7 Å². The minimum Gasteiger partial charge on any atom is -0.352 e. The first-order chi connectivity index (χ1) is 16.1. The van der Waals surface area contributed by atoms with E-state index in [2.05, 4.69) is 22.4 Å². The first-order valence-corrected chi connectivity index (χ1v) is 12.0. The van der Waals surface area contributed by atoms with Gasteiger partial charge in [0.2, 0.25) is 11.7 Å². The minimum absolute atomic E-state index is 0.0999. The molecule has 1 aliphatic carbocycles. The number of amides is 1. The number of aryl methyl sites for hydroxylation is 1. The van der Waals surface area contributed by atoms with E-state index in [0.29, 0.717) is 33.9 Å². The van der Waals surface area contributed by atoms with Crippen LogP contribution in [0, 0.1) is 5.82 Å². The maximum atomic E-state index is 13.5. The van der Waals surface area contributed by atoms with Gasteiger partial charge in [-0.25, -0.2) is 4.39 Å². The Kier molecular flexibility index (Phi) is 5.88. The minimum atomic E-state index is -0.631. The molecule has 7 nitrogen and oxygen atoms in total. The molecule has 4 aromatic rings. The Hall–Kier alpha value is -3.20. The Balaban J connectivity index is 1.63. The molecule has 2 heterocycles. The summed E-state index contributed by atoms with van der Waals surface area (Å²) in [5.41, 5.74) is 1.27. The summed E-state index contributed by atoms with van der Waals surface area (Å²) in [5.74, 6) is -0.0476. The van der Waals surface area contributed by atoms with E-state index >= 15 is 0 Å². The normalized spacial score (nSPS) is 14.6. The van der Waals surface area contributed by atoms with Crippen molar-refractivity contribution in [2.75, 3.05) is 0 Å². The van der Waals surface area contributed by atoms with Crippen molar-refractivity contribution >= 4 is 34.3 Å². The average molecular weight is 466 g/mol. The molecule has 1 unspecified atom stereocenters. The lowest BCUT2D eigenvalue weighted by Gasteiger charge is -2.17. The number of unbranched alkanes of at least 4 members (excludes halogenated alkanes) is 1. The molecule has 0 bridgehead atoms. The fourth-order valence-corrected chi connectivity index (χ4v) is 4.90. The lowest BCUT2D eigenvalue weighted by Crippen LogP contribution is -2.30. The fraction of sp³-hybridized carbons (Fsp3) is 0.333. The van der Waals surface area contributed by atoms with Crippen LogP contribution in [0.25, 0.3) is 16.7 Å².